The van der Waals surface area contributed by atoms with Crippen LogP contribution >= 0.6 is 0 Å². The van der Waals surface area contributed by atoms with Gasteiger partial charge in [-0.3, -0.25) is 9.59 Å². The quantitative estimate of drug-likeness (QED) is 0.508. The predicted molar refractivity (Wildman–Crippen MR) is 121 cm³/mol. The Hall–Kier alpha value is -3.20. The average Bonchev–Trinajstić information content (AvgIpc) is 3.04. The number of carbonyl (C=O) groups is 2. The normalized spacial score (nSPS) is 26.0. The molecule has 0 N–H and O–H groups in total. The Morgan fingerprint density at radius 2 is 1.00 bits per heavy atom. The van der Waals surface area contributed by atoms with Gasteiger partial charge in [0.25, 0.3) is 0 Å². The van der Waals surface area contributed by atoms with Gasteiger partial charge in [-0.15, -0.1) is 0 Å². The van der Waals surface area contributed by atoms with Gasteiger partial charge in [-0.05, 0) is 45.4 Å². The van der Waals surface area contributed by atoms with Gasteiger partial charge in [0.05, 0.1) is 17.5 Å². The summed E-state index contributed by atoms with van der Waals surface area (Å²) in [6, 6.07) is 24.6. The maximum absolute atomic E-state index is 13.7. The Morgan fingerprint density at radius 3 is 1.35 bits per heavy atom. The van der Waals surface area contributed by atoms with Crippen LogP contribution in [0, 0.1) is 11.8 Å². The molecule has 1 saturated heterocycles. The van der Waals surface area contributed by atoms with Crippen molar-refractivity contribution >= 4 is 17.5 Å². The van der Waals surface area contributed by atoms with Crippen molar-refractivity contribution in [3.8, 4) is 0 Å². The molecule has 2 atom stereocenters. The molecule has 3 nitrogen and oxygen atoms in total. The Balaban J connectivity index is 1.49. The SMILES string of the molecule is CC(C)(C)c1ccc(N2C(=O)C3C4c5ccccc5C(c5ccccc54)C3C2=O)cc1. The van der Waals surface area contributed by atoms with Crippen molar-refractivity contribution in [3.05, 3.63) is 101 Å². The first kappa shape index (κ1) is 18.6. The fourth-order valence-corrected chi connectivity index (χ4v) is 6.04. The first-order chi connectivity index (χ1) is 14.9. The van der Waals surface area contributed by atoms with Gasteiger partial charge in [0.15, 0.2) is 0 Å². The van der Waals surface area contributed by atoms with Gasteiger partial charge in [-0.1, -0.05) is 81.4 Å². The number of anilines is 1. The summed E-state index contributed by atoms with van der Waals surface area (Å²) in [7, 11) is 0. The number of hydrogen-bond acceptors (Lipinski definition) is 2. The first-order valence-corrected chi connectivity index (χ1v) is 11.0. The maximum atomic E-state index is 13.7. The highest BCUT2D eigenvalue weighted by Crippen LogP contribution is 2.61. The predicted octanol–water partition coefficient (Wildman–Crippen LogP) is 5.38. The zero-order valence-corrected chi connectivity index (χ0v) is 18.0. The van der Waals surface area contributed by atoms with Gasteiger partial charge in [-0.25, -0.2) is 4.90 Å². The van der Waals surface area contributed by atoms with Crippen molar-refractivity contribution < 1.29 is 9.59 Å². The molecule has 0 saturated carbocycles. The van der Waals surface area contributed by atoms with Gasteiger partial charge in [0.2, 0.25) is 11.8 Å². The number of imide groups is 1. The van der Waals surface area contributed by atoms with Gasteiger partial charge < -0.3 is 0 Å². The molecule has 3 aromatic rings. The molecule has 154 valence electrons. The van der Waals surface area contributed by atoms with Crippen molar-refractivity contribution in [2.75, 3.05) is 4.90 Å². The smallest absolute Gasteiger partial charge is 0.238 e. The van der Waals surface area contributed by atoms with E-state index in [1.807, 2.05) is 48.5 Å². The molecule has 31 heavy (non-hydrogen) atoms. The van der Waals surface area contributed by atoms with Crippen LogP contribution < -0.4 is 4.90 Å². The third-order valence-electron chi connectivity index (χ3n) is 7.44. The Bertz CT molecular complexity index is 1120. The molecule has 4 aliphatic rings. The van der Waals surface area contributed by atoms with Gasteiger partial charge in [0, 0.05) is 11.8 Å². The third-order valence-corrected chi connectivity index (χ3v) is 7.44. The van der Waals surface area contributed by atoms with Crippen LogP contribution in [0.5, 0.6) is 0 Å². The maximum Gasteiger partial charge on any atom is 0.238 e. The summed E-state index contributed by atoms with van der Waals surface area (Å²) in [5, 5.41) is 0. The highest BCUT2D eigenvalue weighted by molar-refractivity contribution is 6.23. The van der Waals surface area contributed by atoms with E-state index in [0.717, 1.165) is 0 Å². The van der Waals surface area contributed by atoms with E-state index in [4.69, 9.17) is 0 Å². The van der Waals surface area contributed by atoms with Gasteiger partial charge >= 0.3 is 0 Å². The second-order valence-corrected chi connectivity index (χ2v) is 10.1. The molecular weight excluding hydrogens is 382 g/mol. The van der Waals surface area contributed by atoms with Crippen molar-refractivity contribution in [2.24, 2.45) is 11.8 Å². The molecule has 1 heterocycles. The van der Waals surface area contributed by atoms with E-state index in [0.29, 0.717) is 5.69 Å². The lowest BCUT2D eigenvalue weighted by Crippen LogP contribution is -2.41. The molecule has 2 bridgehead atoms. The van der Waals surface area contributed by atoms with Crippen LogP contribution in [0.25, 0.3) is 0 Å². The Kier molecular flexibility index (Phi) is 3.69. The van der Waals surface area contributed by atoms with Crippen molar-refractivity contribution in [1.82, 2.24) is 0 Å². The third kappa shape index (κ3) is 2.40. The van der Waals surface area contributed by atoms with Crippen LogP contribution in [0.4, 0.5) is 5.69 Å². The highest BCUT2D eigenvalue weighted by atomic mass is 16.2. The minimum atomic E-state index is -0.329. The number of benzene rings is 3. The molecule has 2 amide bonds. The second kappa shape index (κ2) is 6.16. The highest BCUT2D eigenvalue weighted by Gasteiger charge is 2.61. The van der Waals surface area contributed by atoms with Crippen molar-refractivity contribution in [2.45, 2.75) is 38.0 Å². The van der Waals surface area contributed by atoms with Crippen molar-refractivity contribution in [1.29, 1.82) is 0 Å². The first-order valence-electron chi connectivity index (χ1n) is 11.0. The van der Waals surface area contributed by atoms with Crippen LogP contribution in [0.3, 0.4) is 0 Å². The van der Waals surface area contributed by atoms with Crippen LogP contribution in [0.15, 0.2) is 72.8 Å². The van der Waals surface area contributed by atoms with Crippen LogP contribution in [-0.2, 0) is 15.0 Å². The number of carbonyl (C=O) groups excluding carboxylic acids is 2. The van der Waals surface area contributed by atoms with Crippen molar-refractivity contribution in [3.63, 3.8) is 0 Å². The van der Waals surface area contributed by atoms with E-state index >= 15 is 0 Å². The average molecular weight is 408 g/mol. The van der Waals surface area contributed by atoms with Gasteiger partial charge in [0.1, 0.15) is 0 Å². The van der Waals surface area contributed by atoms with E-state index in [9.17, 15) is 9.59 Å². The summed E-state index contributed by atoms with van der Waals surface area (Å²) in [6.45, 7) is 6.48. The minimum absolute atomic E-state index is 0.0218. The molecular formula is C28H25NO2. The fourth-order valence-electron chi connectivity index (χ4n) is 6.04. The molecule has 1 aliphatic heterocycles. The molecule has 2 unspecified atom stereocenters. The zero-order chi connectivity index (χ0) is 21.5. The van der Waals surface area contributed by atoms with Crippen LogP contribution in [-0.4, -0.2) is 11.8 Å². The van der Waals surface area contributed by atoms with Crippen LogP contribution in [0.1, 0.15) is 60.4 Å². The lowest BCUT2D eigenvalue weighted by atomic mass is 9.55. The van der Waals surface area contributed by atoms with E-state index < -0.39 is 0 Å². The zero-order valence-electron chi connectivity index (χ0n) is 18.0. The summed E-state index contributed by atoms with van der Waals surface area (Å²) in [4.78, 5) is 29.0. The summed E-state index contributed by atoms with van der Waals surface area (Å²) < 4.78 is 0. The fraction of sp³-hybridized carbons (Fsp3) is 0.286. The summed E-state index contributed by atoms with van der Waals surface area (Å²) in [6.07, 6.45) is 0. The lowest BCUT2D eigenvalue weighted by Gasteiger charge is -2.45. The summed E-state index contributed by atoms with van der Waals surface area (Å²) in [5.74, 6) is -0.889. The van der Waals surface area contributed by atoms with E-state index in [-0.39, 0.29) is 40.9 Å². The van der Waals surface area contributed by atoms with E-state index in [1.54, 1.807) is 0 Å². The molecule has 0 radical (unpaired) electrons. The number of hydrogen-bond donors (Lipinski definition) is 0. The number of amides is 2. The lowest BCUT2D eigenvalue weighted by molar-refractivity contribution is -0.122. The molecule has 1 fully saturated rings. The molecule has 0 spiro atoms. The molecule has 3 heteroatoms. The standard InChI is InChI=1S/C28H25NO2/c1-28(2,3)16-12-14-17(15-13-16)29-26(30)24-22-18-8-4-5-9-19(18)23(25(24)27(29)31)21-11-7-6-10-20(21)22/h4-15,22-25H,1-3H3. The van der Waals surface area contributed by atoms with Crippen LogP contribution in [0.2, 0.25) is 0 Å². The van der Waals surface area contributed by atoms with E-state index in [1.165, 1.54) is 32.7 Å². The largest absolute Gasteiger partial charge is 0.274 e. The topological polar surface area (TPSA) is 37.4 Å². The number of rotatable bonds is 1. The monoisotopic (exact) mass is 407 g/mol. The molecule has 7 rings (SSSR count). The Labute approximate surface area is 182 Å². The molecule has 3 aromatic carbocycles. The molecule has 0 aromatic heterocycles. The number of nitrogens with zero attached hydrogens (tertiary/aromatic N) is 1. The minimum Gasteiger partial charge on any atom is -0.274 e. The van der Waals surface area contributed by atoms with E-state index in [2.05, 4.69) is 45.0 Å². The summed E-state index contributed by atoms with van der Waals surface area (Å²) in [5.41, 5.74) is 6.72. The summed E-state index contributed by atoms with van der Waals surface area (Å²) >= 11 is 0. The molecule has 3 aliphatic carbocycles. The van der Waals surface area contributed by atoms with Gasteiger partial charge in [-0.2, -0.15) is 0 Å². The second-order valence-electron chi connectivity index (χ2n) is 10.1. The Morgan fingerprint density at radius 1 is 0.613 bits per heavy atom.